The summed E-state index contributed by atoms with van der Waals surface area (Å²) in [5.74, 6) is 0.236. The van der Waals surface area contributed by atoms with Crippen LogP contribution in [0.3, 0.4) is 0 Å². The Bertz CT molecular complexity index is 3220. The first-order valence-corrected chi connectivity index (χ1v) is 21.4. The SMILES string of the molecule is C1=CC2c3cc(N(c4ccc(-c5ccccc5)cc4)c4ccc5c(c4)C4(c6ccccc6-c6ccccc64)c4ccc6ccccc6c4-5)ccc3N(c3ccccc3)C2C=C1. The summed E-state index contributed by atoms with van der Waals surface area (Å²) in [5, 5.41) is 2.56. The average molecular weight is 777 g/mol. The van der Waals surface area contributed by atoms with Crippen molar-refractivity contribution in [3.8, 4) is 33.4 Å². The molecule has 0 amide bonds. The summed E-state index contributed by atoms with van der Waals surface area (Å²) in [6, 6.07) is 77.2. The predicted molar refractivity (Wildman–Crippen MR) is 254 cm³/mol. The molecule has 1 heterocycles. The summed E-state index contributed by atoms with van der Waals surface area (Å²) in [5.41, 5.74) is 19.8. The lowest BCUT2D eigenvalue weighted by Crippen LogP contribution is -2.28. The van der Waals surface area contributed by atoms with E-state index in [9.17, 15) is 0 Å². The van der Waals surface area contributed by atoms with Gasteiger partial charge in [0, 0.05) is 34.4 Å². The minimum absolute atomic E-state index is 0.215. The van der Waals surface area contributed by atoms with Crippen LogP contribution < -0.4 is 9.80 Å². The summed E-state index contributed by atoms with van der Waals surface area (Å²) in [7, 11) is 0. The molecule has 0 radical (unpaired) electrons. The topological polar surface area (TPSA) is 6.48 Å². The lowest BCUT2D eigenvalue weighted by molar-refractivity contribution is 0.745. The zero-order valence-corrected chi connectivity index (χ0v) is 33.5. The van der Waals surface area contributed by atoms with Crippen LogP contribution in [0.1, 0.15) is 33.7 Å². The molecular formula is C59H40N2. The second-order valence-electron chi connectivity index (χ2n) is 16.8. The van der Waals surface area contributed by atoms with Crippen LogP contribution in [-0.2, 0) is 5.41 Å². The Labute approximate surface area is 356 Å². The van der Waals surface area contributed by atoms with Crippen molar-refractivity contribution in [2.24, 2.45) is 0 Å². The molecule has 2 atom stereocenters. The lowest BCUT2D eigenvalue weighted by Gasteiger charge is -2.32. The molecule has 0 saturated carbocycles. The second kappa shape index (κ2) is 13.2. The van der Waals surface area contributed by atoms with Gasteiger partial charge in [-0.1, -0.05) is 176 Å². The van der Waals surface area contributed by atoms with E-state index < -0.39 is 5.41 Å². The fraction of sp³-hybridized carbons (Fsp3) is 0.0508. The maximum absolute atomic E-state index is 2.52. The van der Waals surface area contributed by atoms with Gasteiger partial charge in [0.1, 0.15) is 0 Å². The van der Waals surface area contributed by atoms with Crippen molar-refractivity contribution < 1.29 is 0 Å². The highest BCUT2D eigenvalue weighted by atomic mass is 15.2. The van der Waals surface area contributed by atoms with Crippen molar-refractivity contribution in [1.29, 1.82) is 0 Å². The Morgan fingerprint density at radius 3 is 1.84 bits per heavy atom. The first kappa shape index (κ1) is 34.2. The maximum Gasteiger partial charge on any atom is 0.0726 e. The van der Waals surface area contributed by atoms with E-state index in [0.29, 0.717) is 0 Å². The van der Waals surface area contributed by atoms with E-state index in [0.717, 1.165) is 17.1 Å². The normalized spacial score (nSPS) is 16.8. The Morgan fingerprint density at radius 1 is 0.426 bits per heavy atom. The number of benzene rings is 9. The predicted octanol–water partition coefficient (Wildman–Crippen LogP) is 15.0. The number of rotatable bonds is 5. The monoisotopic (exact) mass is 776 g/mol. The Hall–Kier alpha value is -7.68. The molecule has 2 unspecified atom stereocenters. The molecule has 9 aromatic carbocycles. The zero-order valence-electron chi connectivity index (χ0n) is 33.5. The van der Waals surface area contributed by atoms with Gasteiger partial charge < -0.3 is 9.80 Å². The second-order valence-corrected chi connectivity index (χ2v) is 16.8. The third kappa shape index (κ3) is 4.85. The number of anilines is 5. The van der Waals surface area contributed by atoms with E-state index in [1.54, 1.807) is 0 Å². The number of nitrogens with zero attached hydrogens (tertiary/aromatic N) is 2. The van der Waals surface area contributed by atoms with E-state index in [1.165, 1.54) is 83.3 Å². The van der Waals surface area contributed by atoms with Crippen molar-refractivity contribution in [2.75, 3.05) is 9.80 Å². The molecule has 4 aliphatic rings. The third-order valence-corrected chi connectivity index (χ3v) is 13.8. The van der Waals surface area contributed by atoms with Gasteiger partial charge in [-0.25, -0.2) is 0 Å². The molecule has 2 nitrogen and oxygen atoms in total. The van der Waals surface area contributed by atoms with Gasteiger partial charge in [-0.3, -0.25) is 0 Å². The van der Waals surface area contributed by atoms with Crippen LogP contribution in [0.25, 0.3) is 44.2 Å². The first-order chi connectivity index (χ1) is 30.3. The molecule has 0 bridgehead atoms. The van der Waals surface area contributed by atoms with E-state index in [4.69, 9.17) is 0 Å². The fourth-order valence-electron chi connectivity index (χ4n) is 11.3. The highest BCUT2D eigenvalue weighted by Crippen LogP contribution is 2.64. The molecule has 0 aromatic heterocycles. The number of hydrogen-bond donors (Lipinski definition) is 0. The largest absolute Gasteiger partial charge is 0.333 e. The number of hydrogen-bond acceptors (Lipinski definition) is 2. The number of para-hydroxylation sites is 1. The maximum atomic E-state index is 2.52. The zero-order chi connectivity index (χ0) is 40.1. The van der Waals surface area contributed by atoms with Crippen LogP contribution >= 0.6 is 0 Å². The fourth-order valence-corrected chi connectivity index (χ4v) is 11.3. The van der Waals surface area contributed by atoms with Gasteiger partial charge in [-0.2, -0.15) is 0 Å². The molecule has 1 aliphatic heterocycles. The van der Waals surface area contributed by atoms with Crippen LogP contribution in [0.15, 0.2) is 231 Å². The van der Waals surface area contributed by atoms with Crippen molar-refractivity contribution >= 4 is 39.2 Å². The number of allylic oxidation sites excluding steroid dienone is 2. The van der Waals surface area contributed by atoms with E-state index in [-0.39, 0.29) is 12.0 Å². The molecule has 61 heavy (non-hydrogen) atoms. The van der Waals surface area contributed by atoms with Crippen LogP contribution in [0.2, 0.25) is 0 Å². The molecule has 0 N–H and O–H groups in total. The van der Waals surface area contributed by atoms with Crippen LogP contribution in [-0.4, -0.2) is 6.04 Å². The first-order valence-electron chi connectivity index (χ1n) is 21.4. The van der Waals surface area contributed by atoms with Crippen LogP contribution in [0.5, 0.6) is 0 Å². The average Bonchev–Trinajstić information content (AvgIpc) is 3.94. The molecule has 9 aromatic rings. The van der Waals surface area contributed by atoms with Gasteiger partial charge in [-0.15, -0.1) is 0 Å². The standard InChI is InChI=1S/C59H40N2/c1-3-15-39(16-4-1)40-27-30-43(31-28-40)60(44-33-36-57-51(37-44)49-23-11-14-26-56(49)61(57)42-18-5-2-6-19-42)45-32-34-50-55(38-45)59(54-35-29-41-17-7-8-20-46(41)58(50)54)52-24-12-9-21-47(52)48-22-10-13-25-53(48)59/h1-38,49,56H. The van der Waals surface area contributed by atoms with Crippen molar-refractivity contribution in [3.05, 3.63) is 258 Å². The summed E-state index contributed by atoms with van der Waals surface area (Å²) in [6.45, 7) is 0. The Kier molecular flexibility index (Phi) is 7.38. The third-order valence-electron chi connectivity index (χ3n) is 13.8. The van der Waals surface area contributed by atoms with Crippen LogP contribution in [0, 0.1) is 0 Å². The Morgan fingerprint density at radius 2 is 1.05 bits per heavy atom. The molecule has 286 valence electrons. The van der Waals surface area contributed by atoms with Gasteiger partial charge in [-0.05, 0) is 127 Å². The van der Waals surface area contributed by atoms with Crippen molar-refractivity contribution in [1.82, 2.24) is 0 Å². The smallest absolute Gasteiger partial charge is 0.0726 e. The van der Waals surface area contributed by atoms with Gasteiger partial charge in [0.15, 0.2) is 0 Å². The van der Waals surface area contributed by atoms with E-state index in [2.05, 4.69) is 240 Å². The highest BCUT2D eigenvalue weighted by molar-refractivity contribution is 6.06. The Balaban J connectivity index is 1.06. The molecule has 1 spiro atoms. The summed E-state index contributed by atoms with van der Waals surface area (Å²) in [6.07, 6.45) is 9.15. The molecular weight excluding hydrogens is 737 g/mol. The minimum atomic E-state index is -0.471. The molecule has 2 heteroatoms. The molecule has 3 aliphatic carbocycles. The summed E-state index contributed by atoms with van der Waals surface area (Å²) < 4.78 is 0. The van der Waals surface area contributed by atoms with Gasteiger partial charge >= 0.3 is 0 Å². The molecule has 0 saturated heterocycles. The van der Waals surface area contributed by atoms with Gasteiger partial charge in [0.05, 0.1) is 11.5 Å². The van der Waals surface area contributed by atoms with E-state index >= 15 is 0 Å². The van der Waals surface area contributed by atoms with Crippen molar-refractivity contribution in [3.63, 3.8) is 0 Å². The molecule has 13 rings (SSSR count). The minimum Gasteiger partial charge on any atom is -0.333 e. The quantitative estimate of drug-likeness (QED) is 0.172. The highest BCUT2D eigenvalue weighted by Gasteiger charge is 2.52. The van der Waals surface area contributed by atoms with Gasteiger partial charge in [0.2, 0.25) is 0 Å². The summed E-state index contributed by atoms with van der Waals surface area (Å²) in [4.78, 5) is 5.00. The van der Waals surface area contributed by atoms with Crippen LogP contribution in [0.4, 0.5) is 28.4 Å². The van der Waals surface area contributed by atoms with Gasteiger partial charge in [0.25, 0.3) is 0 Å². The number of fused-ring (bicyclic) bond motifs is 15. The van der Waals surface area contributed by atoms with E-state index in [1.807, 2.05) is 0 Å². The van der Waals surface area contributed by atoms with Crippen molar-refractivity contribution in [2.45, 2.75) is 17.4 Å². The summed E-state index contributed by atoms with van der Waals surface area (Å²) >= 11 is 0. The lowest BCUT2D eigenvalue weighted by atomic mass is 9.70. The molecule has 0 fully saturated rings.